The van der Waals surface area contributed by atoms with Gasteiger partial charge in [0.25, 0.3) is 5.91 Å². The van der Waals surface area contributed by atoms with E-state index in [0.29, 0.717) is 23.8 Å². The molecule has 3 aromatic rings. The summed E-state index contributed by atoms with van der Waals surface area (Å²) in [4.78, 5) is 17.0. The van der Waals surface area contributed by atoms with Gasteiger partial charge in [0.15, 0.2) is 0 Å². The molecule has 2 aromatic carbocycles. The van der Waals surface area contributed by atoms with Crippen LogP contribution >= 0.6 is 0 Å². The van der Waals surface area contributed by atoms with Gasteiger partial charge in [0.05, 0.1) is 32.7 Å². The van der Waals surface area contributed by atoms with Gasteiger partial charge in [0, 0.05) is 17.2 Å². The van der Waals surface area contributed by atoms with Crippen LogP contribution in [0.4, 0.5) is 0 Å². The van der Waals surface area contributed by atoms with Gasteiger partial charge in [-0.05, 0) is 55.0 Å². The Morgan fingerprint density at radius 2 is 1.72 bits per heavy atom. The Labute approximate surface area is 188 Å². The van der Waals surface area contributed by atoms with E-state index in [1.165, 1.54) is 6.21 Å². The van der Waals surface area contributed by atoms with Crippen molar-refractivity contribution in [3.05, 3.63) is 71.9 Å². The van der Waals surface area contributed by atoms with Crippen LogP contribution in [0.5, 0.6) is 17.2 Å². The number of nitrogens with zero attached hydrogens (tertiary/aromatic N) is 2. The molecular formula is C25H27N3O4. The average Bonchev–Trinajstić information content (AvgIpc) is 2.84. The summed E-state index contributed by atoms with van der Waals surface area (Å²) in [6.07, 6.45) is 3.63. The number of aromatic nitrogens is 1. The SMILES string of the molecule is CCCCOc1ccc(-c2cccc(C(=O)N/N=C/c3cc(OC)cc(OC)c3)n2)cc1. The summed E-state index contributed by atoms with van der Waals surface area (Å²) >= 11 is 0. The largest absolute Gasteiger partial charge is 0.497 e. The van der Waals surface area contributed by atoms with E-state index in [4.69, 9.17) is 14.2 Å². The predicted octanol–water partition coefficient (Wildman–Crippen LogP) is 4.71. The molecule has 0 aliphatic rings. The summed E-state index contributed by atoms with van der Waals surface area (Å²) in [6, 6.07) is 18.3. The first-order valence-electron chi connectivity index (χ1n) is 10.4. The molecule has 0 bridgehead atoms. The Bertz CT molecular complexity index is 1040. The zero-order chi connectivity index (χ0) is 22.8. The van der Waals surface area contributed by atoms with E-state index < -0.39 is 5.91 Å². The fraction of sp³-hybridized carbons (Fsp3) is 0.240. The second kappa shape index (κ2) is 11.5. The van der Waals surface area contributed by atoms with Crippen LogP contribution < -0.4 is 19.6 Å². The van der Waals surface area contributed by atoms with Gasteiger partial charge in [0.1, 0.15) is 22.9 Å². The van der Waals surface area contributed by atoms with Crippen molar-refractivity contribution >= 4 is 12.1 Å². The number of unbranched alkanes of at least 4 members (excludes halogenated alkanes) is 1. The Balaban J connectivity index is 1.66. The van der Waals surface area contributed by atoms with Crippen molar-refractivity contribution in [3.63, 3.8) is 0 Å². The highest BCUT2D eigenvalue weighted by Crippen LogP contribution is 2.22. The molecule has 0 spiro atoms. The molecule has 32 heavy (non-hydrogen) atoms. The number of hydrogen-bond donors (Lipinski definition) is 1. The zero-order valence-electron chi connectivity index (χ0n) is 18.5. The Morgan fingerprint density at radius 1 is 1.00 bits per heavy atom. The first-order chi connectivity index (χ1) is 15.6. The maximum atomic E-state index is 12.5. The lowest BCUT2D eigenvalue weighted by molar-refractivity contribution is 0.0950. The van der Waals surface area contributed by atoms with E-state index in [1.54, 1.807) is 44.6 Å². The smallest absolute Gasteiger partial charge is 0.289 e. The standard InChI is InChI=1S/C25H27N3O4/c1-4-5-13-32-20-11-9-19(10-12-20)23-7-6-8-24(27-23)25(29)28-26-17-18-14-21(30-2)16-22(15-18)31-3/h6-12,14-17H,4-5,13H2,1-3H3,(H,28,29)/b26-17+. The van der Waals surface area contributed by atoms with E-state index in [9.17, 15) is 4.79 Å². The van der Waals surface area contributed by atoms with Crippen molar-refractivity contribution in [2.24, 2.45) is 5.10 Å². The molecule has 0 atom stereocenters. The van der Waals surface area contributed by atoms with Gasteiger partial charge in [0.2, 0.25) is 0 Å². The summed E-state index contributed by atoms with van der Waals surface area (Å²) in [5.41, 5.74) is 5.09. The molecule has 1 N–H and O–H groups in total. The molecule has 1 amide bonds. The van der Waals surface area contributed by atoms with Gasteiger partial charge < -0.3 is 14.2 Å². The second-order valence-electron chi connectivity index (χ2n) is 6.98. The Hall–Kier alpha value is -3.87. The lowest BCUT2D eigenvalue weighted by Crippen LogP contribution is -2.19. The third kappa shape index (κ3) is 6.31. The van der Waals surface area contributed by atoms with E-state index in [0.717, 1.165) is 29.7 Å². The molecule has 7 nitrogen and oxygen atoms in total. The molecular weight excluding hydrogens is 406 g/mol. The fourth-order valence-electron chi connectivity index (χ4n) is 2.90. The summed E-state index contributed by atoms with van der Waals surface area (Å²) in [5.74, 6) is 1.68. The van der Waals surface area contributed by atoms with Crippen molar-refractivity contribution in [1.29, 1.82) is 0 Å². The number of methoxy groups -OCH3 is 2. The number of carbonyl (C=O) groups excluding carboxylic acids is 1. The predicted molar refractivity (Wildman–Crippen MR) is 125 cm³/mol. The Morgan fingerprint density at radius 3 is 2.38 bits per heavy atom. The highest BCUT2D eigenvalue weighted by Gasteiger charge is 2.09. The van der Waals surface area contributed by atoms with Crippen LogP contribution in [0, 0.1) is 0 Å². The molecule has 166 valence electrons. The van der Waals surface area contributed by atoms with E-state index in [-0.39, 0.29) is 5.69 Å². The highest BCUT2D eigenvalue weighted by atomic mass is 16.5. The van der Waals surface area contributed by atoms with Gasteiger partial charge >= 0.3 is 0 Å². The van der Waals surface area contributed by atoms with Crippen molar-refractivity contribution in [1.82, 2.24) is 10.4 Å². The van der Waals surface area contributed by atoms with Gasteiger partial charge in [-0.1, -0.05) is 19.4 Å². The third-order valence-corrected chi connectivity index (χ3v) is 4.65. The average molecular weight is 434 g/mol. The second-order valence-corrected chi connectivity index (χ2v) is 6.98. The summed E-state index contributed by atoms with van der Waals surface area (Å²) < 4.78 is 16.2. The molecule has 0 unspecified atom stereocenters. The van der Waals surface area contributed by atoms with Crippen molar-refractivity contribution < 1.29 is 19.0 Å². The van der Waals surface area contributed by atoms with Crippen LogP contribution in [-0.4, -0.2) is 37.9 Å². The minimum Gasteiger partial charge on any atom is -0.497 e. The molecule has 1 heterocycles. The number of nitrogens with one attached hydrogen (secondary N) is 1. The van der Waals surface area contributed by atoms with Crippen LogP contribution in [0.3, 0.4) is 0 Å². The molecule has 7 heteroatoms. The number of hydrogen-bond acceptors (Lipinski definition) is 6. The normalized spacial score (nSPS) is 10.7. The number of hydrazone groups is 1. The molecule has 1 aromatic heterocycles. The maximum absolute atomic E-state index is 12.5. The summed E-state index contributed by atoms with van der Waals surface area (Å²) in [7, 11) is 3.15. The molecule has 0 aliphatic carbocycles. The van der Waals surface area contributed by atoms with Crippen LogP contribution in [0.1, 0.15) is 35.8 Å². The molecule has 0 fully saturated rings. The molecule has 3 rings (SSSR count). The molecule has 0 saturated carbocycles. The van der Waals surface area contributed by atoms with Gasteiger partial charge in [-0.2, -0.15) is 5.10 Å². The number of pyridine rings is 1. The lowest BCUT2D eigenvalue weighted by Gasteiger charge is -2.07. The monoisotopic (exact) mass is 433 g/mol. The number of rotatable bonds is 10. The van der Waals surface area contributed by atoms with E-state index >= 15 is 0 Å². The zero-order valence-corrected chi connectivity index (χ0v) is 18.5. The van der Waals surface area contributed by atoms with Crippen LogP contribution in [0.2, 0.25) is 0 Å². The molecule has 0 radical (unpaired) electrons. The van der Waals surface area contributed by atoms with Gasteiger partial charge in [-0.3, -0.25) is 4.79 Å². The lowest BCUT2D eigenvalue weighted by atomic mass is 10.1. The quantitative estimate of drug-likeness (QED) is 0.284. The van der Waals surface area contributed by atoms with Gasteiger partial charge in [-0.15, -0.1) is 0 Å². The number of carbonyl (C=O) groups is 1. The van der Waals surface area contributed by atoms with Crippen LogP contribution in [-0.2, 0) is 0 Å². The molecule has 0 aliphatic heterocycles. The van der Waals surface area contributed by atoms with E-state index in [1.807, 2.05) is 30.3 Å². The van der Waals surface area contributed by atoms with E-state index in [2.05, 4.69) is 22.4 Å². The van der Waals surface area contributed by atoms with Crippen LogP contribution in [0.25, 0.3) is 11.3 Å². The summed E-state index contributed by atoms with van der Waals surface area (Å²) in [5, 5.41) is 4.03. The third-order valence-electron chi connectivity index (χ3n) is 4.65. The first kappa shape index (κ1) is 22.8. The number of benzene rings is 2. The number of ether oxygens (including phenoxy) is 3. The van der Waals surface area contributed by atoms with Crippen LogP contribution in [0.15, 0.2) is 65.8 Å². The number of amides is 1. The van der Waals surface area contributed by atoms with Crippen molar-refractivity contribution in [2.45, 2.75) is 19.8 Å². The van der Waals surface area contributed by atoms with Crippen molar-refractivity contribution in [2.75, 3.05) is 20.8 Å². The topological polar surface area (TPSA) is 82.0 Å². The van der Waals surface area contributed by atoms with Crippen molar-refractivity contribution in [3.8, 4) is 28.5 Å². The van der Waals surface area contributed by atoms with Gasteiger partial charge in [-0.25, -0.2) is 10.4 Å². The first-order valence-corrected chi connectivity index (χ1v) is 10.4. The highest BCUT2D eigenvalue weighted by molar-refractivity contribution is 5.93. The minimum atomic E-state index is -0.405. The summed E-state index contributed by atoms with van der Waals surface area (Å²) in [6.45, 7) is 2.83. The molecule has 0 saturated heterocycles. The Kier molecular flexibility index (Phi) is 8.20. The maximum Gasteiger partial charge on any atom is 0.289 e. The fourth-order valence-corrected chi connectivity index (χ4v) is 2.90. The minimum absolute atomic E-state index is 0.270.